The van der Waals surface area contributed by atoms with Gasteiger partial charge in [0.15, 0.2) is 0 Å². The predicted molar refractivity (Wildman–Crippen MR) is 77.4 cm³/mol. The molecule has 19 heavy (non-hydrogen) atoms. The molecule has 0 spiro atoms. The molecule has 1 aromatic carbocycles. The van der Waals surface area contributed by atoms with Crippen LogP contribution in [0, 0.1) is 12.8 Å². The Hall–Kier alpha value is -0.910. The number of hydrogen-bond donors (Lipinski definition) is 2. The normalized spacial score (nSPS) is 20.4. The molecular weight excluding hydrogens is 260 g/mol. The van der Waals surface area contributed by atoms with Gasteiger partial charge in [-0.3, -0.25) is 0 Å². The van der Waals surface area contributed by atoms with E-state index in [0.29, 0.717) is 6.54 Å². The van der Waals surface area contributed by atoms with Crippen molar-refractivity contribution < 1.29 is 8.42 Å². The third-order valence-electron chi connectivity index (χ3n) is 3.47. The van der Waals surface area contributed by atoms with E-state index in [2.05, 4.69) is 10.0 Å². The third kappa shape index (κ3) is 4.93. The van der Waals surface area contributed by atoms with Crippen LogP contribution in [0.15, 0.2) is 24.3 Å². The maximum absolute atomic E-state index is 12.0. The van der Waals surface area contributed by atoms with Crippen LogP contribution in [0.3, 0.4) is 0 Å². The van der Waals surface area contributed by atoms with Crippen LogP contribution in [0.4, 0.5) is 0 Å². The second-order valence-electron chi connectivity index (χ2n) is 5.30. The summed E-state index contributed by atoms with van der Waals surface area (Å²) in [5, 5.41) is 3.25. The van der Waals surface area contributed by atoms with Crippen LogP contribution in [0.5, 0.6) is 0 Å². The summed E-state index contributed by atoms with van der Waals surface area (Å²) in [6, 6.07) is 7.91. The Labute approximate surface area is 115 Å². The first-order chi connectivity index (χ1) is 9.05. The van der Waals surface area contributed by atoms with Crippen molar-refractivity contribution in [3.05, 3.63) is 35.4 Å². The lowest BCUT2D eigenvalue weighted by Gasteiger charge is -2.22. The maximum atomic E-state index is 12.0. The zero-order valence-corrected chi connectivity index (χ0v) is 12.2. The van der Waals surface area contributed by atoms with Crippen molar-refractivity contribution in [1.82, 2.24) is 10.0 Å². The molecule has 0 radical (unpaired) electrons. The molecule has 4 nitrogen and oxygen atoms in total. The van der Waals surface area contributed by atoms with Crippen molar-refractivity contribution >= 4 is 10.0 Å². The van der Waals surface area contributed by atoms with Crippen molar-refractivity contribution in [2.45, 2.75) is 26.3 Å². The van der Waals surface area contributed by atoms with E-state index in [1.165, 1.54) is 5.56 Å². The maximum Gasteiger partial charge on any atom is 0.212 e. The SMILES string of the molecule is Cc1ccc(CNS(=O)(=O)CC2CCCNC2)cc1. The molecule has 1 unspecified atom stereocenters. The molecule has 2 rings (SSSR count). The predicted octanol–water partition coefficient (Wildman–Crippen LogP) is 1.41. The lowest BCUT2D eigenvalue weighted by atomic mass is 10.0. The highest BCUT2D eigenvalue weighted by atomic mass is 32.2. The summed E-state index contributed by atoms with van der Waals surface area (Å²) in [5.41, 5.74) is 2.18. The largest absolute Gasteiger partial charge is 0.316 e. The van der Waals surface area contributed by atoms with E-state index in [9.17, 15) is 8.42 Å². The lowest BCUT2D eigenvalue weighted by Crippen LogP contribution is -2.37. The minimum absolute atomic E-state index is 0.228. The molecule has 0 aliphatic carbocycles. The Morgan fingerprint density at radius 3 is 2.68 bits per heavy atom. The first-order valence-corrected chi connectivity index (χ1v) is 8.44. The highest BCUT2D eigenvalue weighted by Crippen LogP contribution is 2.12. The van der Waals surface area contributed by atoms with Crippen molar-refractivity contribution in [2.24, 2.45) is 5.92 Å². The molecule has 0 amide bonds. The van der Waals surface area contributed by atoms with E-state index >= 15 is 0 Å². The minimum atomic E-state index is -3.18. The van der Waals surface area contributed by atoms with Crippen molar-refractivity contribution in [2.75, 3.05) is 18.8 Å². The highest BCUT2D eigenvalue weighted by molar-refractivity contribution is 7.89. The fourth-order valence-corrected chi connectivity index (χ4v) is 3.74. The molecule has 5 heteroatoms. The van der Waals surface area contributed by atoms with Crippen LogP contribution in [0.2, 0.25) is 0 Å². The van der Waals surface area contributed by atoms with E-state index in [1.54, 1.807) is 0 Å². The van der Waals surface area contributed by atoms with Crippen LogP contribution in [-0.4, -0.2) is 27.3 Å². The molecule has 1 aliphatic rings. The Morgan fingerprint density at radius 1 is 1.32 bits per heavy atom. The topological polar surface area (TPSA) is 58.2 Å². The molecule has 1 atom stereocenters. The third-order valence-corrected chi connectivity index (χ3v) is 4.97. The van der Waals surface area contributed by atoms with Gasteiger partial charge in [-0.1, -0.05) is 29.8 Å². The van der Waals surface area contributed by atoms with E-state index in [-0.39, 0.29) is 11.7 Å². The fraction of sp³-hybridized carbons (Fsp3) is 0.571. The molecule has 1 heterocycles. The summed E-state index contributed by atoms with van der Waals surface area (Å²) >= 11 is 0. The summed E-state index contributed by atoms with van der Waals surface area (Å²) in [7, 11) is -3.18. The number of nitrogens with one attached hydrogen (secondary N) is 2. The zero-order valence-electron chi connectivity index (χ0n) is 11.4. The average molecular weight is 282 g/mol. The standard InChI is InChI=1S/C14H22N2O2S/c1-12-4-6-13(7-5-12)10-16-19(17,18)11-14-3-2-8-15-9-14/h4-7,14-16H,2-3,8-11H2,1H3. The second kappa shape index (κ2) is 6.50. The van der Waals surface area contributed by atoms with Gasteiger partial charge in [0.2, 0.25) is 10.0 Å². The number of benzene rings is 1. The van der Waals surface area contributed by atoms with E-state index < -0.39 is 10.0 Å². The summed E-state index contributed by atoms with van der Waals surface area (Å²) in [4.78, 5) is 0. The van der Waals surface area contributed by atoms with Gasteiger partial charge in [0.25, 0.3) is 0 Å². The first kappa shape index (κ1) is 14.5. The number of hydrogen-bond acceptors (Lipinski definition) is 3. The summed E-state index contributed by atoms with van der Waals surface area (Å²) < 4.78 is 26.7. The van der Waals surface area contributed by atoms with Crippen LogP contribution in [0.25, 0.3) is 0 Å². The molecule has 0 bridgehead atoms. The van der Waals surface area contributed by atoms with Gasteiger partial charge in [0.1, 0.15) is 0 Å². The van der Waals surface area contributed by atoms with Gasteiger partial charge in [-0.2, -0.15) is 0 Å². The second-order valence-corrected chi connectivity index (χ2v) is 7.15. The molecular formula is C14H22N2O2S. The zero-order chi connectivity index (χ0) is 13.7. The molecule has 1 fully saturated rings. The van der Waals surface area contributed by atoms with Crippen molar-refractivity contribution in [3.8, 4) is 0 Å². The Kier molecular flexibility index (Phi) is 4.96. The van der Waals surface area contributed by atoms with Crippen LogP contribution in [0.1, 0.15) is 24.0 Å². The van der Waals surface area contributed by atoms with Gasteiger partial charge in [0, 0.05) is 6.54 Å². The summed E-state index contributed by atoms with van der Waals surface area (Å²) in [5.74, 6) is 0.468. The number of sulfonamides is 1. The number of piperidine rings is 1. The van der Waals surface area contributed by atoms with Crippen LogP contribution >= 0.6 is 0 Å². The van der Waals surface area contributed by atoms with E-state index in [0.717, 1.165) is 31.5 Å². The number of rotatable bonds is 5. The molecule has 106 valence electrons. The lowest BCUT2D eigenvalue weighted by molar-refractivity contribution is 0.402. The smallest absolute Gasteiger partial charge is 0.212 e. The van der Waals surface area contributed by atoms with E-state index in [4.69, 9.17) is 0 Å². The molecule has 1 aromatic rings. The Bertz CT molecular complexity index is 491. The van der Waals surface area contributed by atoms with Gasteiger partial charge in [0.05, 0.1) is 5.75 Å². The van der Waals surface area contributed by atoms with Gasteiger partial charge in [-0.25, -0.2) is 13.1 Å². The minimum Gasteiger partial charge on any atom is -0.316 e. The Morgan fingerprint density at radius 2 is 2.05 bits per heavy atom. The number of aryl methyl sites for hydroxylation is 1. The Balaban J connectivity index is 1.84. The fourth-order valence-electron chi connectivity index (χ4n) is 2.33. The van der Waals surface area contributed by atoms with Gasteiger partial charge >= 0.3 is 0 Å². The molecule has 2 N–H and O–H groups in total. The quantitative estimate of drug-likeness (QED) is 0.858. The monoisotopic (exact) mass is 282 g/mol. The van der Waals surface area contributed by atoms with Crippen LogP contribution in [-0.2, 0) is 16.6 Å². The summed E-state index contributed by atoms with van der Waals surface area (Å²) in [6.07, 6.45) is 2.07. The van der Waals surface area contributed by atoms with Gasteiger partial charge in [-0.15, -0.1) is 0 Å². The molecule has 1 aliphatic heterocycles. The molecule has 0 aromatic heterocycles. The van der Waals surface area contributed by atoms with Gasteiger partial charge in [-0.05, 0) is 44.3 Å². The van der Waals surface area contributed by atoms with Gasteiger partial charge < -0.3 is 5.32 Å². The highest BCUT2D eigenvalue weighted by Gasteiger charge is 2.20. The average Bonchev–Trinajstić information content (AvgIpc) is 2.39. The molecule has 0 saturated carbocycles. The van der Waals surface area contributed by atoms with Crippen molar-refractivity contribution in [3.63, 3.8) is 0 Å². The van der Waals surface area contributed by atoms with Crippen LogP contribution < -0.4 is 10.0 Å². The molecule has 1 saturated heterocycles. The van der Waals surface area contributed by atoms with E-state index in [1.807, 2.05) is 31.2 Å². The van der Waals surface area contributed by atoms with Crippen molar-refractivity contribution in [1.29, 1.82) is 0 Å². The summed E-state index contributed by atoms with van der Waals surface area (Å²) in [6.45, 7) is 4.21. The first-order valence-electron chi connectivity index (χ1n) is 6.79.